The molecule has 0 bridgehead atoms. The minimum Gasteiger partial charge on any atom is -0.340 e. The van der Waals surface area contributed by atoms with Gasteiger partial charge >= 0.3 is 0 Å². The fraction of sp³-hybridized carbons (Fsp3) is 0.688. The Labute approximate surface area is 127 Å². The van der Waals surface area contributed by atoms with Gasteiger partial charge in [-0.05, 0) is 25.3 Å². The van der Waals surface area contributed by atoms with Gasteiger partial charge in [-0.3, -0.25) is 4.79 Å². The molecule has 2 heterocycles. The molecule has 2 rings (SSSR count). The predicted molar refractivity (Wildman–Crippen MR) is 84.2 cm³/mol. The van der Waals surface area contributed by atoms with Crippen LogP contribution in [-0.4, -0.2) is 47.0 Å². The molecule has 0 spiro atoms. The van der Waals surface area contributed by atoms with E-state index in [1.54, 1.807) is 0 Å². The number of carbonyl (C=O) groups excluding carboxylic acids is 1. The predicted octanol–water partition coefficient (Wildman–Crippen LogP) is 2.26. The summed E-state index contributed by atoms with van der Waals surface area (Å²) in [7, 11) is 2.01. The van der Waals surface area contributed by atoms with Crippen molar-refractivity contribution in [1.82, 2.24) is 14.9 Å². The number of hydrogen-bond acceptors (Lipinski definition) is 4. The van der Waals surface area contributed by atoms with Crippen LogP contribution in [0.25, 0.3) is 0 Å². The van der Waals surface area contributed by atoms with Crippen LogP contribution in [0.2, 0.25) is 0 Å². The van der Waals surface area contributed by atoms with Crippen LogP contribution in [0.3, 0.4) is 0 Å². The zero-order chi connectivity index (χ0) is 15.6. The first-order valence-corrected chi connectivity index (χ1v) is 7.60. The summed E-state index contributed by atoms with van der Waals surface area (Å²) in [5, 5.41) is 0. The van der Waals surface area contributed by atoms with Crippen LogP contribution in [-0.2, 0) is 4.79 Å². The van der Waals surface area contributed by atoms with E-state index >= 15 is 0 Å². The molecule has 1 aliphatic heterocycles. The second-order valence-electron chi connectivity index (χ2n) is 6.97. The minimum atomic E-state index is -0.319. The van der Waals surface area contributed by atoms with E-state index in [9.17, 15) is 4.79 Å². The van der Waals surface area contributed by atoms with Gasteiger partial charge in [0.25, 0.3) is 0 Å². The van der Waals surface area contributed by atoms with Crippen LogP contribution in [0.4, 0.5) is 5.95 Å². The molecule has 116 valence electrons. The number of aryl methyl sites for hydroxylation is 1. The van der Waals surface area contributed by atoms with Crippen molar-refractivity contribution in [3.05, 3.63) is 18.0 Å². The van der Waals surface area contributed by atoms with E-state index in [4.69, 9.17) is 0 Å². The number of anilines is 1. The van der Waals surface area contributed by atoms with Crippen LogP contribution in [0, 0.1) is 12.3 Å². The molecule has 0 saturated carbocycles. The SMILES string of the molecule is Cc1cnc(N(C)C2CCCN(C(=O)C(C)(C)C)C2)nc1. The van der Waals surface area contributed by atoms with Gasteiger partial charge in [0.2, 0.25) is 11.9 Å². The van der Waals surface area contributed by atoms with E-state index < -0.39 is 0 Å². The van der Waals surface area contributed by atoms with Crippen molar-refractivity contribution < 1.29 is 4.79 Å². The van der Waals surface area contributed by atoms with Crippen molar-refractivity contribution in [3.8, 4) is 0 Å². The maximum absolute atomic E-state index is 12.4. The average Bonchev–Trinajstić information content (AvgIpc) is 2.45. The van der Waals surface area contributed by atoms with E-state index in [1.165, 1.54) is 0 Å². The van der Waals surface area contributed by atoms with Gasteiger partial charge in [0, 0.05) is 44.0 Å². The molecule has 1 atom stereocenters. The van der Waals surface area contributed by atoms with Crippen LogP contribution in [0.1, 0.15) is 39.2 Å². The molecule has 1 fully saturated rings. The fourth-order valence-corrected chi connectivity index (χ4v) is 2.66. The highest BCUT2D eigenvalue weighted by Gasteiger charge is 2.32. The molecule has 1 aromatic rings. The molecule has 5 nitrogen and oxygen atoms in total. The summed E-state index contributed by atoms with van der Waals surface area (Å²) in [6.45, 7) is 9.52. The van der Waals surface area contributed by atoms with Crippen LogP contribution >= 0.6 is 0 Å². The largest absolute Gasteiger partial charge is 0.340 e. The molecular weight excluding hydrogens is 264 g/mol. The quantitative estimate of drug-likeness (QED) is 0.838. The maximum atomic E-state index is 12.4. The third-order valence-corrected chi connectivity index (χ3v) is 3.96. The van der Waals surface area contributed by atoms with E-state index in [2.05, 4.69) is 14.9 Å². The van der Waals surface area contributed by atoms with Crippen molar-refractivity contribution in [2.45, 2.75) is 46.6 Å². The lowest BCUT2D eigenvalue weighted by Crippen LogP contribution is -2.51. The summed E-state index contributed by atoms with van der Waals surface area (Å²) in [4.78, 5) is 25.3. The first kappa shape index (κ1) is 15.7. The molecule has 0 N–H and O–H groups in total. The highest BCUT2D eigenvalue weighted by Crippen LogP contribution is 2.23. The second-order valence-corrected chi connectivity index (χ2v) is 6.97. The first-order valence-electron chi connectivity index (χ1n) is 7.60. The Balaban J connectivity index is 2.07. The zero-order valence-electron chi connectivity index (χ0n) is 13.8. The number of piperidine rings is 1. The van der Waals surface area contributed by atoms with E-state index in [-0.39, 0.29) is 17.4 Å². The molecule has 0 aromatic carbocycles. The van der Waals surface area contributed by atoms with E-state index in [1.807, 2.05) is 52.0 Å². The van der Waals surface area contributed by atoms with Crippen molar-refractivity contribution in [2.24, 2.45) is 5.41 Å². The molecule has 0 radical (unpaired) electrons. The fourth-order valence-electron chi connectivity index (χ4n) is 2.66. The Kier molecular flexibility index (Phi) is 4.49. The summed E-state index contributed by atoms with van der Waals surface area (Å²) < 4.78 is 0. The van der Waals surface area contributed by atoms with Gasteiger partial charge in [0.05, 0.1) is 0 Å². The number of hydrogen-bond donors (Lipinski definition) is 0. The smallest absolute Gasteiger partial charge is 0.228 e. The number of carbonyl (C=O) groups is 1. The third kappa shape index (κ3) is 3.71. The molecule has 1 aliphatic rings. The summed E-state index contributed by atoms with van der Waals surface area (Å²) >= 11 is 0. The van der Waals surface area contributed by atoms with Gasteiger partial charge in [0.1, 0.15) is 0 Å². The van der Waals surface area contributed by atoms with Crippen LogP contribution in [0.5, 0.6) is 0 Å². The lowest BCUT2D eigenvalue weighted by atomic mass is 9.93. The Morgan fingerprint density at radius 1 is 1.33 bits per heavy atom. The Hall–Kier alpha value is -1.65. The summed E-state index contributed by atoms with van der Waals surface area (Å²) in [5.74, 6) is 0.959. The van der Waals surface area contributed by atoms with Gasteiger partial charge in [-0.1, -0.05) is 20.8 Å². The summed E-state index contributed by atoms with van der Waals surface area (Å²) in [5.41, 5.74) is 0.737. The van der Waals surface area contributed by atoms with Gasteiger partial charge in [0.15, 0.2) is 0 Å². The lowest BCUT2D eigenvalue weighted by molar-refractivity contribution is -0.140. The van der Waals surface area contributed by atoms with Crippen molar-refractivity contribution in [1.29, 1.82) is 0 Å². The molecule has 21 heavy (non-hydrogen) atoms. The topological polar surface area (TPSA) is 49.3 Å². The number of amides is 1. The summed E-state index contributed by atoms with van der Waals surface area (Å²) in [6, 6.07) is 0.285. The van der Waals surface area contributed by atoms with Crippen molar-refractivity contribution in [3.63, 3.8) is 0 Å². The average molecular weight is 290 g/mol. The number of likely N-dealkylation sites (tertiary alicyclic amines) is 1. The highest BCUT2D eigenvalue weighted by molar-refractivity contribution is 5.81. The van der Waals surface area contributed by atoms with Gasteiger partial charge in [-0.15, -0.1) is 0 Å². The zero-order valence-corrected chi connectivity index (χ0v) is 13.8. The van der Waals surface area contributed by atoms with Crippen molar-refractivity contribution in [2.75, 3.05) is 25.0 Å². The standard InChI is InChI=1S/C16H26N4O/c1-12-9-17-15(18-10-12)19(5)13-7-6-8-20(11-13)14(21)16(2,3)4/h9-10,13H,6-8,11H2,1-5H3. The van der Waals surface area contributed by atoms with Crippen LogP contribution < -0.4 is 4.90 Å². The molecule has 1 aromatic heterocycles. The van der Waals surface area contributed by atoms with Gasteiger partial charge < -0.3 is 9.80 Å². The third-order valence-electron chi connectivity index (χ3n) is 3.96. The maximum Gasteiger partial charge on any atom is 0.228 e. The number of rotatable bonds is 2. The number of aromatic nitrogens is 2. The summed E-state index contributed by atoms with van der Waals surface area (Å²) in [6.07, 6.45) is 5.77. The Morgan fingerprint density at radius 3 is 2.52 bits per heavy atom. The second kappa shape index (κ2) is 6.00. The van der Waals surface area contributed by atoms with Crippen LogP contribution in [0.15, 0.2) is 12.4 Å². The minimum absolute atomic E-state index is 0.227. The molecule has 1 amide bonds. The monoisotopic (exact) mass is 290 g/mol. The molecule has 1 unspecified atom stereocenters. The van der Waals surface area contributed by atoms with E-state index in [0.717, 1.165) is 37.4 Å². The molecule has 0 aliphatic carbocycles. The van der Waals surface area contributed by atoms with E-state index in [0.29, 0.717) is 0 Å². The normalized spacial score (nSPS) is 19.5. The number of likely N-dealkylation sites (N-methyl/N-ethyl adjacent to an activating group) is 1. The van der Waals surface area contributed by atoms with Gasteiger partial charge in [-0.2, -0.15) is 0 Å². The number of nitrogens with zero attached hydrogens (tertiary/aromatic N) is 4. The molecule has 1 saturated heterocycles. The Bertz CT molecular complexity index is 492. The molecular formula is C16H26N4O. The molecule has 5 heteroatoms. The first-order chi connectivity index (χ1) is 9.79. The van der Waals surface area contributed by atoms with Gasteiger partial charge in [-0.25, -0.2) is 9.97 Å². The lowest BCUT2D eigenvalue weighted by Gasteiger charge is -2.39. The van der Waals surface area contributed by atoms with Crippen molar-refractivity contribution >= 4 is 11.9 Å². The highest BCUT2D eigenvalue weighted by atomic mass is 16.2. The Morgan fingerprint density at radius 2 is 1.95 bits per heavy atom.